The third-order valence-corrected chi connectivity index (χ3v) is 3.23. The lowest BCUT2D eigenvalue weighted by Crippen LogP contribution is -2.39. The summed E-state index contributed by atoms with van der Waals surface area (Å²) < 4.78 is 5.62. The van der Waals surface area contributed by atoms with Gasteiger partial charge in [-0.15, -0.1) is 0 Å². The van der Waals surface area contributed by atoms with E-state index in [1.54, 1.807) is 0 Å². The minimum Gasteiger partial charge on any atom is -0.396 e. The van der Waals surface area contributed by atoms with Crippen LogP contribution < -0.4 is 5.32 Å². The van der Waals surface area contributed by atoms with E-state index in [9.17, 15) is 0 Å². The fourth-order valence-electron chi connectivity index (χ4n) is 1.85. The van der Waals surface area contributed by atoms with Gasteiger partial charge in [0.2, 0.25) is 0 Å². The van der Waals surface area contributed by atoms with Gasteiger partial charge in [0.05, 0.1) is 19.3 Å². The predicted octanol–water partition coefficient (Wildman–Crippen LogP) is 0.526. The van der Waals surface area contributed by atoms with Crippen molar-refractivity contribution in [1.82, 2.24) is 5.32 Å². The number of ether oxygens (including phenoxy) is 1. The number of aliphatic hydroxyl groups excluding tert-OH is 2. The second kappa shape index (κ2) is 7.22. The van der Waals surface area contributed by atoms with E-state index in [2.05, 4.69) is 5.32 Å². The summed E-state index contributed by atoms with van der Waals surface area (Å²) in [7, 11) is 0. The summed E-state index contributed by atoms with van der Waals surface area (Å²) in [5.74, 6) is 0. The first-order valence-electron chi connectivity index (χ1n) is 6.24. The summed E-state index contributed by atoms with van der Waals surface area (Å²) >= 11 is 0. The van der Waals surface area contributed by atoms with Crippen LogP contribution in [0, 0.1) is 5.41 Å². The Morgan fingerprint density at radius 3 is 2.62 bits per heavy atom. The van der Waals surface area contributed by atoms with Crippen LogP contribution in [0.3, 0.4) is 0 Å². The van der Waals surface area contributed by atoms with Gasteiger partial charge >= 0.3 is 0 Å². The highest BCUT2D eigenvalue weighted by molar-refractivity contribution is 4.75. The summed E-state index contributed by atoms with van der Waals surface area (Å²) in [5, 5.41) is 21.5. The number of aliphatic hydroxyl groups is 2. The summed E-state index contributed by atoms with van der Waals surface area (Å²) in [6.45, 7) is 4.33. The smallest absolute Gasteiger partial charge is 0.0587 e. The fourth-order valence-corrected chi connectivity index (χ4v) is 1.85. The normalized spacial score (nSPS) is 22.3. The second-order valence-corrected chi connectivity index (χ2v) is 5.08. The molecule has 0 aromatic rings. The summed E-state index contributed by atoms with van der Waals surface area (Å²) in [6, 6.07) is 0. The standard InChI is InChI=1S/C12H25NO3/c1-12(9-14,10-15)8-13-6-5-11-4-2-3-7-16-11/h11,13-15H,2-10H2,1H3. The first-order valence-corrected chi connectivity index (χ1v) is 6.24. The summed E-state index contributed by atoms with van der Waals surface area (Å²) in [4.78, 5) is 0. The van der Waals surface area contributed by atoms with E-state index >= 15 is 0 Å². The van der Waals surface area contributed by atoms with Gasteiger partial charge in [0.25, 0.3) is 0 Å². The van der Waals surface area contributed by atoms with Crippen LogP contribution in [0.25, 0.3) is 0 Å². The molecule has 1 aliphatic rings. The predicted molar refractivity (Wildman–Crippen MR) is 63.4 cm³/mol. The highest BCUT2D eigenvalue weighted by atomic mass is 16.5. The molecular formula is C12H25NO3. The van der Waals surface area contributed by atoms with E-state index in [-0.39, 0.29) is 13.2 Å². The molecule has 0 aliphatic carbocycles. The van der Waals surface area contributed by atoms with Crippen LogP contribution in [0.2, 0.25) is 0 Å². The highest BCUT2D eigenvalue weighted by Crippen LogP contribution is 2.15. The Morgan fingerprint density at radius 2 is 2.06 bits per heavy atom. The molecular weight excluding hydrogens is 206 g/mol. The third kappa shape index (κ3) is 4.78. The molecule has 0 radical (unpaired) electrons. The van der Waals surface area contributed by atoms with E-state index in [0.29, 0.717) is 12.6 Å². The zero-order chi connectivity index (χ0) is 11.9. The molecule has 1 aliphatic heterocycles. The molecule has 0 spiro atoms. The SMILES string of the molecule is CC(CO)(CO)CNCCC1CCCCO1. The Morgan fingerprint density at radius 1 is 1.31 bits per heavy atom. The molecule has 96 valence electrons. The molecule has 1 heterocycles. The maximum absolute atomic E-state index is 9.11. The van der Waals surface area contributed by atoms with Crippen molar-refractivity contribution in [1.29, 1.82) is 0 Å². The van der Waals surface area contributed by atoms with Gasteiger partial charge in [0.15, 0.2) is 0 Å². The molecule has 4 heteroatoms. The molecule has 1 saturated heterocycles. The van der Waals surface area contributed by atoms with E-state index in [0.717, 1.165) is 19.6 Å². The minimum atomic E-state index is -0.409. The van der Waals surface area contributed by atoms with Gasteiger partial charge < -0.3 is 20.3 Å². The van der Waals surface area contributed by atoms with Crippen LogP contribution >= 0.6 is 0 Å². The van der Waals surface area contributed by atoms with Crippen molar-refractivity contribution in [3.05, 3.63) is 0 Å². The zero-order valence-electron chi connectivity index (χ0n) is 10.2. The van der Waals surface area contributed by atoms with Crippen molar-refractivity contribution < 1.29 is 14.9 Å². The van der Waals surface area contributed by atoms with Crippen molar-refractivity contribution in [2.24, 2.45) is 5.41 Å². The summed E-state index contributed by atoms with van der Waals surface area (Å²) in [6.07, 6.45) is 5.05. The van der Waals surface area contributed by atoms with E-state index in [1.165, 1.54) is 19.3 Å². The lowest BCUT2D eigenvalue weighted by molar-refractivity contribution is 0.0103. The molecule has 1 fully saturated rings. The lowest BCUT2D eigenvalue weighted by atomic mass is 9.93. The molecule has 1 unspecified atom stereocenters. The van der Waals surface area contributed by atoms with Gasteiger partial charge in [0, 0.05) is 18.6 Å². The monoisotopic (exact) mass is 231 g/mol. The minimum absolute atomic E-state index is 0.0103. The highest BCUT2D eigenvalue weighted by Gasteiger charge is 2.22. The molecule has 3 N–H and O–H groups in total. The molecule has 0 aromatic carbocycles. The maximum atomic E-state index is 9.11. The van der Waals surface area contributed by atoms with E-state index < -0.39 is 5.41 Å². The van der Waals surface area contributed by atoms with Crippen LogP contribution in [0.1, 0.15) is 32.6 Å². The van der Waals surface area contributed by atoms with Crippen molar-refractivity contribution >= 4 is 0 Å². The molecule has 4 nitrogen and oxygen atoms in total. The van der Waals surface area contributed by atoms with E-state index in [1.807, 2.05) is 6.92 Å². The van der Waals surface area contributed by atoms with Gasteiger partial charge in [-0.2, -0.15) is 0 Å². The lowest BCUT2D eigenvalue weighted by Gasteiger charge is -2.26. The second-order valence-electron chi connectivity index (χ2n) is 5.08. The van der Waals surface area contributed by atoms with Gasteiger partial charge in [-0.05, 0) is 32.2 Å². The molecule has 1 rings (SSSR count). The van der Waals surface area contributed by atoms with Crippen molar-refractivity contribution in [2.45, 2.75) is 38.7 Å². The largest absolute Gasteiger partial charge is 0.396 e. The number of nitrogens with one attached hydrogen (secondary N) is 1. The van der Waals surface area contributed by atoms with Gasteiger partial charge in [-0.25, -0.2) is 0 Å². The quantitative estimate of drug-likeness (QED) is 0.559. The van der Waals surface area contributed by atoms with Crippen molar-refractivity contribution in [3.8, 4) is 0 Å². The Kier molecular flexibility index (Phi) is 6.28. The van der Waals surface area contributed by atoms with E-state index in [4.69, 9.17) is 14.9 Å². The Hall–Kier alpha value is -0.160. The van der Waals surface area contributed by atoms with Crippen molar-refractivity contribution in [3.63, 3.8) is 0 Å². The van der Waals surface area contributed by atoms with Gasteiger partial charge in [-0.1, -0.05) is 6.92 Å². The van der Waals surface area contributed by atoms with Crippen LogP contribution in [-0.4, -0.2) is 49.2 Å². The molecule has 1 atom stereocenters. The number of hydrogen-bond donors (Lipinski definition) is 3. The molecule has 0 amide bonds. The Labute approximate surface area is 98.0 Å². The Balaban J connectivity index is 2.06. The Bertz CT molecular complexity index is 177. The fraction of sp³-hybridized carbons (Fsp3) is 1.00. The molecule has 0 bridgehead atoms. The van der Waals surface area contributed by atoms with Crippen LogP contribution in [0.15, 0.2) is 0 Å². The molecule has 16 heavy (non-hydrogen) atoms. The topological polar surface area (TPSA) is 61.7 Å². The summed E-state index contributed by atoms with van der Waals surface area (Å²) in [5.41, 5.74) is -0.409. The average Bonchev–Trinajstić information content (AvgIpc) is 2.36. The first kappa shape index (κ1) is 13.9. The van der Waals surface area contributed by atoms with Crippen molar-refractivity contribution in [2.75, 3.05) is 32.9 Å². The molecule has 0 aromatic heterocycles. The van der Waals surface area contributed by atoms with Gasteiger partial charge in [0.1, 0.15) is 0 Å². The average molecular weight is 231 g/mol. The van der Waals surface area contributed by atoms with Crippen LogP contribution in [0.5, 0.6) is 0 Å². The van der Waals surface area contributed by atoms with Crippen LogP contribution in [0.4, 0.5) is 0 Å². The zero-order valence-corrected chi connectivity index (χ0v) is 10.2. The van der Waals surface area contributed by atoms with Gasteiger partial charge in [-0.3, -0.25) is 0 Å². The number of hydrogen-bond acceptors (Lipinski definition) is 4. The first-order chi connectivity index (χ1) is 7.70. The molecule has 0 saturated carbocycles. The van der Waals surface area contributed by atoms with Crippen LogP contribution in [-0.2, 0) is 4.74 Å². The third-order valence-electron chi connectivity index (χ3n) is 3.23. The maximum Gasteiger partial charge on any atom is 0.0587 e. The number of rotatable bonds is 7.